The van der Waals surface area contributed by atoms with Crippen LogP contribution >= 0.6 is 0 Å². The minimum atomic E-state index is -4.58. The van der Waals surface area contributed by atoms with Crippen molar-refractivity contribution in [1.29, 1.82) is 0 Å². The molecular formula is C14H10F5N. The lowest BCUT2D eigenvalue weighted by Gasteiger charge is -2.14. The van der Waals surface area contributed by atoms with Gasteiger partial charge in [0.05, 0.1) is 5.56 Å². The molecule has 0 saturated heterocycles. The van der Waals surface area contributed by atoms with Crippen LogP contribution in [0.3, 0.4) is 0 Å². The number of rotatable bonds is 2. The van der Waals surface area contributed by atoms with E-state index in [2.05, 4.69) is 0 Å². The molecule has 0 saturated carbocycles. The summed E-state index contributed by atoms with van der Waals surface area (Å²) in [5.41, 5.74) is 4.19. The van der Waals surface area contributed by atoms with Crippen LogP contribution in [0.5, 0.6) is 0 Å². The van der Waals surface area contributed by atoms with Crippen molar-refractivity contribution in [2.75, 3.05) is 0 Å². The number of nitrogens with two attached hydrogens (primary N) is 1. The predicted octanol–water partition coefficient (Wildman–Crippen LogP) is 4.11. The molecule has 0 aliphatic rings. The number of halogens is 5. The zero-order chi connectivity index (χ0) is 14.9. The van der Waals surface area contributed by atoms with Crippen LogP contribution in [0.25, 0.3) is 11.1 Å². The van der Waals surface area contributed by atoms with Gasteiger partial charge in [0.15, 0.2) is 0 Å². The molecule has 0 heterocycles. The summed E-state index contributed by atoms with van der Waals surface area (Å²) in [6.45, 7) is -0.277. The van der Waals surface area contributed by atoms with Crippen molar-refractivity contribution in [3.05, 3.63) is 59.2 Å². The Labute approximate surface area is 111 Å². The van der Waals surface area contributed by atoms with Gasteiger partial charge in [-0.2, -0.15) is 13.2 Å². The molecule has 0 aliphatic heterocycles. The third-order valence-electron chi connectivity index (χ3n) is 2.88. The van der Waals surface area contributed by atoms with Crippen LogP contribution in [0, 0.1) is 11.6 Å². The van der Waals surface area contributed by atoms with Gasteiger partial charge in [-0.25, -0.2) is 8.78 Å². The van der Waals surface area contributed by atoms with Crippen molar-refractivity contribution in [2.45, 2.75) is 12.7 Å². The Bertz CT molecular complexity index is 634. The molecule has 0 atom stereocenters. The van der Waals surface area contributed by atoms with E-state index in [9.17, 15) is 22.0 Å². The standard InChI is InChI=1S/C14H10F5N/c15-10-3-4-11(13(16)6-10)8-1-2-9(7-20)12(5-8)14(17,18)19/h1-6H,7,20H2. The minimum absolute atomic E-state index is 0.0204. The van der Waals surface area contributed by atoms with Crippen LogP contribution in [0.4, 0.5) is 22.0 Å². The van der Waals surface area contributed by atoms with Gasteiger partial charge >= 0.3 is 6.18 Å². The lowest BCUT2D eigenvalue weighted by Crippen LogP contribution is -2.12. The monoisotopic (exact) mass is 287 g/mol. The number of hydrogen-bond donors (Lipinski definition) is 1. The molecule has 20 heavy (non-hydrogen) atoms. The topological polar surface area (TPSA) is 26.0 Å². The highest BCUT2D eigenvalue weighted by Crippen LogP contribution is 2.35. The van der Waals surface area contributed by atoms with Gasteiger partial charge < -0.3 is 5.73 Å². The van der Waals surface area contributed by atoms with Crippen molar-refractivity contribution >= 4 is 0 Å². The molecular weight excluding hydrogens is 277 g/mol. The Morgan fingerprint density at radius 2 is 1.65 bits per heavy atom. The lowest BCUT2D eigenvalue weighted by molar-refractivity contribution is -0.138. The molecule has 0 unspecified atom stereocenters. The minimum Gasteiger partial charge on any atom is -0.326 e. The maximum absolute atomic E-state index is 13.6. The predicted molar refractivity (Wildman–Crippen MR) is 64.7 cm³/mol. The van der Waals surface area contributed by atoms with E-state index >= 15 is 0 Å². The highest BCUT2D eigenvalue weighted by atomic mass is 19.4. The SMILES string of the molecule is NCc1ccc(-c2ccc(F)cc2F)cc1C(F)(F)F. The van der Waals surface area contributed by atoms with E-state index in [-0.39, 0.29) is 23.2 Å². The van der Waals surface area contributed by atoms with Crippen molar-refractivity contribution in [2.24, 2.45) is 5.73 Å². The van der Waals surface area contributed by atoms with Gasteiger partial charge in [0.25, 0.3) is 0 Å². The quantitative estimate of drug-likeness (QED) is 0.826. The van der Waals surface area contributed by atoms with E-state index in [1.54, 1.807) is 0 Å². The van der Waals surface area contributed by atoms with E-state index in [1.165, 1.54) is 12.1 Å². The number of alkyl halides is 3. The van der Waals surface area contributed by atoms with Gasteiger partial charge in [-0.3, -0.25) is 0 Å². The number of hydrogen-bond acceptors (Lipinski definition) is 1. The van der Waals surface area contributed by atoms with Gasteiger partial charge in [0.2, 0.25) is 0 Å². The summed E-state index contributed by atoms with van der Waals surface area (Å²) in [5, 5.41) is 0. The normalized spacial score (nSPS) is 11.7. The van der Waals surface area contributed by atoms with Crippen LogP contribution in [0.1, 0.15) is 11.1 Å². The molecule has 0 spiro atoms. The Morgan fingerprint density at radius 1 is 0.950 bits per heavy atom. The van der Waals surface area contributed by atoms with Crippen molar-refractivity contribution in [1.82, 2.24) is 0 Å². The fourth-order valence-corrected chi connectivity index (χ4v) is 1.91. The first-order chi connectivity index (χ1) is 9.32. The number of benzene rings is 2. The summed E-state index contributed by atoms with van der Waals surface area (Å²) in [7, 11) is 0. The van der Waals surface area contributed by atoms with Gasteiger partial charge in [0, 0.05) is 18.2 Å². The first-order valence-corrected chi connectivity index (χ1v) is 5.68. The lowest BCUT2D eigenvalue weighted by atomic mass is 9.98. The zero-order valence-corrected chi connectivity index (χ0v) is 10.1. The summed E-state index contributed by atoms with van der Waals surface area (Å²) in [4.78, 5) is 0. The highest BCUT2D eigenvalue weighted by molar-refractivity contribution is 5.66. The van der Waals surface area contributed by atoms with E-state index in [0.29, 0.717) is 6.07 Å². The molecule has 106 valence electrons. The van der Waals surface area contributed by atoms with E-state index < -0.39 is 23.4 Å². The van der Waals surface area contributed by atoms with Crippen LogP contribution < -0.4 is 5.73 Å². The molecule has 2 N–H and O–H groups in total. The van der Waals surface area contributed by atoms with Crippen LogP contribution in [-0.2, 0) is 12.7 Å². The zero-order valence-electron chi connectivity index (χ0n) is 10.1. The average Bonchev–Trinajstić information content (AvgIpc) is 2.37. The maximum Gasteiger partial charge on any atom is 0.416 e. The molecule has 2 aromatic carbocycles. The molecule has 0 amide bonds. The van der Waals surface area contributed by atoms with Crippen LogP contribution in [0.15, 0.2) is 36.4 Å². The molecule has 0 aliphatic carbocycles. The second-order valence-electron chi connectivity index (χ2n) is 4.20. The van der Waals surface area contributed by atoms with Gasteiger partial charge in [-0.1, -0.05) is 12.1 Å². The summed E-state index contributed by atoms with van der Waals surface area (Å²) >= 11 is 0. The molecule has 2 aromatic rings. The average molecular weight is 287 g/mol. The van der Waals surface area contributed by atoms with Crippen molar-refractivity contribution in [3.63, 3.8) is 0 Å². The maximum atomic E-state index is 13.6. The summed E-state index contributed by atoms with van der Waals surface area (Å²) in [5.74, 6) is -1.71. The highest BCUT2D eigenvalue weighted by Gasteiger charge is 2.33. The molecule has 0 fully saturated rings. The fourth-order valence-electron chi connectivity index (χ4n) is 1.91. The molecule has 6 heteroatoms. The Balaban J connectivity index is 2.59. The molecule has 2 rings (SSSR count). The molecule has 1 nitrogen and oxygen atoms in total. The Hall–Kier alpha value is -1.95. The Morgan fingerprint density at radius 3 is 2.20 bits per heavy atom. The first-order valence-electron chi connectivity index (χ1n) is 5.68. The fraction of sp³-hybridized carbons (Fsp3) is 0.143. The van der Waals surface area contributed by atoms with Crippen molar-refractivity contribution in [3.8, 4) is 11.1 Å². The summed E-state index contributed by atoms with van der Waals surface area (Å²) in [6.07, 6.45) is -4.58. The van der Waals surface area contributed by atoms with Gasteiger partial charge in [-0.15, -0.1) is 0 Å². The summed E-state index contributed by atoms with van der Waals surface area (Å²) < 4.78 is 65.1. The first kappa shape index (κ1) is 14.5. The second kappa shape index (κ2) is 5.20. The third kappa shape index (κ3) is 2.80. The van der Waals surface area contributed by atoms with Crippen LogP contribution in [-0.4, -0.2) is 0 Å². The third-order valence-corrected chi connectivity index (χ3v) is 2.88. The van der Waals surface area contributed by atoms with Gasteiger partial charge in [0.1, 0.15) is 11.6 Å². The largest absolute Gasteiger partial charge is 0.416 e. The summed E-state index contributed by atoms with van der Waals surface area (Å²) in [6, 6.07) is 6.05. The smallest absolute Gasteiger partial charge is 0.326 e. The van der Waals surface area contributed by atoms with E-state index in [0.717, 1.165) is 18.2 Å². The molecule has 0 radical (unpaired) electrons. The molecule has 0 aromatic heterocycles. The van der Waals surface area contributed by atoms with E-state index in [4.69, 9.17) is 5.73 Å². The van der Waals surface area contributed by atoms with Crippen molar-refractivity contribution < 1.29 is 22.0 Å². The molecule has 0 bridgehead atoms. The van der Waals surface area contributed by atoms with Crippen LogP contribution in [0.2, 0.25) is 0 Å². The van der Waals surface area contributed by atoms with E-state index in [1.807, 2.05) is 0 Å². The van der Waals surface area contributed by atoms with Gasteiger partial charge in [-0.05, 0) is 29.3 Å². The Kier molecular flexibility index (Phi) is 3.76. The second-order valence-corrected chi connectivity index (χ2v) is 4.20.